The molecular weight excluding hydrogens is 400 g/mol. The van der Waals surface area contributed by atoms with Gasteiger partial charge in [0.2, 0.25) is 0 Å². The van der Waals surface area contributed by atoms with Crippen molar-refractivity contribution in [2.24, 2.45) is 0 Å². The van der Waals surface area contributed by atoms with E-state index in [0.29, 0.717) is 0 Å². The van der Waals surface area contributed by atoms with Crippen LogP contribution in [0.5, 0.6) is 0 Å². The van der Waals surface area contributed by atoms with Crippen LogP contribution in [-0.2, 0) is 12.8 Å². The van der Waals surface area contributed by atoms with Crippen LogP contribution in [0.25, 0.3) is 32.7 Å². The Bertz CT molecular complexity index is 1000. The highest BCUT2D eigenvalue weighted by Crippen LogP contribution is 2.31. The monoisotopic (exact) mass is 412 g/mol. The molecule has 0 radical (unpaired) electrons. The van der Waals surface area contributed by atoms with Gasteiger partial charge >= 0.3 is 0 Å². The van der Waals surface area contributed by atoms with Gasteiger partial charge in [0.25, 0.3) is 0 Å². The Balaban J connectivity index is 2.23. The van der Waals surface area contributed by atoms with Gasteiger partial charge in [0.1, 0.15) is 0 Å². The first-order chi connectivity index (χ1) is 10.8. The van der Waals surface area contributed by atoms with Gasteiger partial charge in [-0.2, -0.15) is 0 Å². The molecule has 2 aliphatic rings. The van der Waals surface area contributed by atoms with Gasteiger partial charge in [-0.25, -0.2) is 0 Å². The first-order valence-electron chi connectivity index (χ1n) is 7.64. The lowest BCUT2D eigenvalue weighted by atomic mass is 9.97. The molecule has 0 aromatic heterocycles. The molecule has 0 atom stereocenters. The smallest absolute Gasteiger partial charge is 0.0254 e. The topological polar surface area (TPSA) is 0 Å². The lowest BCUT2D eigenvalue weighted by Gasteiger charge is -2.07. The van der Waals surface area contributed by atoms with Crippen molar-refractivity contribution in [1.82, 2.24) is 0 Å². The predicted octanol–water partition coefficient (Wildman–Crippen LogP) is 4.20. The van der Waals surface area contributed by atoms with E-state index in [2.05, 4.69) is 68.3 Å². The van der Waals surface area contributed by atoms with E-state index in [1.165, 1.54) is 54.3 Å². The maximum atomic E-state index is 3.71. The molecule has 108 valence electrons. The molecule has 0 heterocycles. The Labute approximate surface area is 145 Å². The molecule has 3 aromatic rings. The molecule has 2 aliphatic carbocycles. The van der Waals surface area contributed by atoms with Crippen molar-refractivity contribution < 1.29 is 0 Å². The third kappa shape index (κ3) is 1.53. The fourth-order valence-corrected chi connectivity index (χ4v) is 5.33. The third-order valence-corrected chi connectivity index (χ3v) is 6.53. The van der Waals surface area contributed by atoms with Crippen LogP contribution in [0.2, 0.25) is 0 Å². The quantitative estimate of drug-likeness (QED) is 0.436. The first-order valence-corrected chi connectivity index (χ1v) is 9.89. The number of hydrogen-bond donors (Lipinski definition) is 0. The van der Waals surface area contributed by atoms with Crippen LogP contribution in [0.1, 0.15) is 11.1 Å². The zero-order valence-corrected chi connectivity index (χ0v) is 15.2. The summed E-state index contributed by atoms with van der Waals surface area (Å²) in [6, 6.07) is 13.7. The van der Waals surface area contributed by atoms with Crippen LogP contribution < -0.4 is 10.4 Å². The number of rotatable bonds is 2. The summed E-state index contributed by atoms with van der Waals surface area (Å²) >= 11 is 7.43. The van der Waals surface area contributed by atoms with Crippen LogP contribution in [0.4, 0.5) is 0 Å². The molecule has 0 N–H and O–H groups in total. The van der Waals surface area contributed by atoms with Crippen LogP contribution >= 0.6 is 31.9 Å². The lowest BCUT2D eigenvalue weighted by Crippen LogP contribution is -2.15. The molecule has 3 aromatic carbocycles. The summed E-state index contributed by atoms with van der Waals surface area (Å²) in [4.78, 5) is 0. The highest BCUT2D eigenvalue weighted by molar-refractivity contribution is 9.09. The van der Waals surface area contributed by atoms with Crippen molar-refractivity contribution in [3.8, 4) is 0 Å². The number of fused-ring (bicyclic) bond motifs is 2. The summed E-state index contributed by atoms with van der Waals surface area (Å²) in [6.45, 7) is 0. The SMILES string of the molecule is BrCC1=c2c3cccc4c3c(c3cccc(c23)C1)=C(CBr)C4. The molecule has 0 spiro atoms. The number of alkyl halides is 2. The molecule has 2 heteroatoms. The number of hydrogen-bond acceptors (Lipinski definition) is 0. The molecular formula is C20H14Br2. The summed E-state index contributed by atoms with van der Waals surface area (Å²) in [5.74, 6) is 0. The van der Waals surface area contributed by atoms with E-state index < -0.39 is 0 Å². The van der Waals surface area contributed by atoms with Crippen LogP contribution in [0.3, 0.4) is 0 Å². The summed E-state index contributed by atoms with van der Waals surface area (Å²) in [7, 11) is 0. The largest absolute Gasteiger partial charge is 0.0879 e. The summed E-state index contributed by atoms with van der Waals surface area (Å²) in [5.41, 5.74) is 6.04. The zero-order chi connectivity index (χ0) is 14.8. The molecule has 0 aliphatic heterocycles. The van der Waals surface area contributed by atoms with E-state index in [0.717, 1.165) is 23.5 Å². The molecule has 0 nitrogen and oxygen atoms in total. The summed E-state index contributed by atoms with van der Waals surface area (Å²) in [5, 5.41) is 10.8. The van der Waals surface area contributed by atoms with Gasteiger partial charge in [0, 0.05) is 10.7 Å². The predicted molar refractivity (Wildman–Crippen MR) is 103 cm³/mol. The highest BCUT2D eigenvalue weighted by Gasteiger charge is 2.23. The van der Waals surface area contributed by atoms with Crippen molar-refractivity contribution in [3.63, 3.8) is 0 Å². The second-order valence-corrected chi connectivity index (χ2v) is 7.38. The zero-order valence-electron chi connectivity index (χ0n) is 12.0. The average molecular weight is 414 g/mol. The molecule has 0 saturated heterocycles. The first kappa shape index (κ1) is 13.3. The van der Waals surface area contributed by atoms with Gasteiger partial charge in [0.05, 0.1) is 0 Å². The van der Waals surface area contributed by atoms with E-state index in [9.17, 15) is 0 Å². The van der Waals surface area contributed by atoms with Gasteiger partial charge in [-0.3, -0.25) is 0 Å². The molecule has 0 bridgehead atoms. The normalized spacial score (nSPS) is 15.5. The third-order valence-electron chi connectivity index (χ3n) is 5.18. The maximum Gasteiger partial charge on any atom is 0.0254 e. The molecule has 0 saturated carbocycles. The number of benzene rings is 3. The molecule has 0 fully saturated rings. The van der Waals surface area contributed by atoms with Crippen LogP contribution in [-0.4, -0.2) is 10.7 Å². The summed E-state index contributed by atoms with van der Waals surface area (Å²) in [6.07, 6.45) is 2.18. The Morgan fingerprint density at radius 2 is 1.14 bits per heavy atom. The summed E-state index contributed by atoms with van der Waals surface area (Å²) < 4.78 is 0. The number of halogens is 2. The van der Waals surface area contributed by atoms with Crippen molar-refractivity contribution in [2.75, 3.05) is 10.7 Å². The van der Waals surface area contributed by atoms with Crippen molar-refractivity contribution in [2.45, 2.75) is 12.8 Å². The molecule has 5 rings (SSSR count). The fourth-order valence-electron chi connectivity index (χ4n) is 4.37. The van der Waals surface area contributed by atoms with Gasteiger partial charge in [-0.05, 0) is 67.1 Å². The fraction of sp³-hybridized carbons (Fsp3) is 0.200. The Morgan fingerprint density at radius 1 is 0.682 bits per heavy atom. The minimum Gasteiger partial charge on any atom is -0.0879 e. The van der Waals surface area contributed by atoms with Crippen molar-refractivity contribution in [1.29, 1.82) is 0 Å². The minimum atomic E-state index is 0.963. The van der Waals surface area contributed by atoms with E-state index in [4.69, 9.17) is 0 Å². The second kappa shape index (κ2) is 4.69. The van der Waals surface area contributed by atoms with Gasteiger partial charge in [-0.15, -0.1) is 0 Å². The molecule has 0 amide bonds. The minimum absolute atomic E-state index is 0.963. The maximum absolute atomic E-state index is 3.71. The molecule has 0 unspecified atom stereocenters. The highest BCUT2D eigenvalue weighted by atomic mass is 79.9. The van der Waals surface area contributed by atoms with Gasteiger partial charge in [0.15, 0.2) is 0 Å². The van der Waals surface area contributed by atoms with E-state index in [-0.39, 0.29) is 0 Å². The van der Waals surface area contributed by atoms with Crippen LogP contribution in [0.15, 0.2) is 36.4 Å². The molecule has 22 heavy (non-hydrogen) atoms. The average Bonchev–Trinajstić information content (AvgIpc) is 3.12. The van der Waals surface area contributed by atoms with Gasteiger partial charge < -0.3 is 0 Å². The standard InChI is InChI=1S/C20H14Br2/c21-9-13-7-11-3-1-5-15-17(11)20(13)16-6-2-4-12-8-14(10-22)19(15)18(12)16/h1-6H,7-10H2. The van der Waals surface area contributed by atoms with Crippen LogP contribution in [0, 0.1) is 0 Å². The van der Waals surface area contributed by atoms with E-state index in [1.54, 1.807) is 0 Å². The van der Waals surface area contributed by atoms with E-state index in [1.807, 2.05) is 0 Å². The lowest BCUT2D eigenvalue weighted by molar-refractivity contribution is 1.33. The van der Waals surface area contributed by atoms with Crippen molar-refractivity contribution in [3.05, 3.63) is 58.0 Å². The van der Waals surface area contributed by atoms with E-state index >= 15 is 0 Å². The van der Waals surface area contributed by atoms with Gasteiger partial charge in [-0.1, -0.05) is 68.3 Å². The van der Waals surface area contributed by atoms with Crippen molar-refractivity contribution >= 4 is 64.6 Å². The Kier molecular flexibility index (Phi) is 2.84. The second-order valence-electron chi connectivity index (χ2n) is 6.26. The Morgan fingerprint density at radius 3 is 1.55 bits per heavy atom. The Hall–Kier alpha value is -1.12.